The molecule has 0 aromatic carbocycles. The molecule has 0 aromatic rings. The standard InChI is InChI=1S/C12H23N3OS/c1-2-13-11(16)8-9-14-12(17)15-10-6-4-3-5-7-10/h10H,2-9H2,1H3,(H,13,16)(H2,14,15,17). The Bertz CT molecular complexity index is 252. The van der Waals surface area contributed by atoms with Crippen molar-refractivity contribution in [1.29, 1.82) is 0 Å². The van der Waals surface area contributed by atoms with Crippen molar-refractivity contribution < 1.29 is 4.79 Å². The first-order valence-electron chi connectivity index (χ1n) is 6.53. The molecule has 3 N–H and O–H groups in total. The highest BCUT2D eigenvalue weighted by Gasteiger charge is 2.13. The average molecular weight is 257 g/mol. The number of thiocarbonyl (C=S) groups is 1. The second-order valence-electron chi connectivity index (χ2n) is 4.44. The van der Waals surface area contributed by atoms with E-state index in [0.29, 0.717) is 30.7 Å². The van der Waals surface area contributed by atoms with Gasteiger partial charge in [-0.3, -0.25) is 4.79 Å². The molecule has 0 atom stereocenters. The van der Waals surface area contributed by atoms with E-state index < -0.39 is 0 Å². The van der Waals surface area contributed by atoms with Crippen molar-refractivity contribution in [1.82, 2.24) is 16.0 Å². The van der Waals surface area contributed by atoms with E-state index in [1.165, 1.54) is 32.1 Å². The molecule has 0 bridgehead atoms. The van der Waals surface area contributed by atoms with Crippen LogP contribution in [-0.4, -0.2) is 30.2 Å². The van der Waals surface area contributed by atoms with Crippen LogP contribution in [0.4, 0.5) is 0 Å². The summed E-state index contributed by atoms with van der Waals surface area (Å²) in [7, 11) is 0. The largest absolute Gasteiger partial charge is 0.362 e. The van der Waals surface area contributed by atoms with E-state index in [2.05, 4.69) is 16.0 Å². The zero-order chi connectivity index (χ0) is 12.5. The number of nitrogens with one attached hydrogen (secondary N) is 3. The van der Waals surface area contributed by atoms with Crippen molar-refractivity contribution in [3.8, 4) is 0 Å². The van der Waals surface area contributed by atoms with Gasteiger partial charge in [-0.1, -0.05) is 19.3 Å². The van der Waals surface area contributed by atoms with Crippen LogP contribution in [0.15, 0.2) is 0 Å². The van der Waals surface area contributed by atoms with Crippen molar-refractivity contribution in [3.05, 3.63) is 0 Å². The Balaban J connectivity index is 2.06. The smallest absolute Gasteiger partial charge is 0.221 e. The molecule has 4 nitrogen and oxygen atoms in total. The lowest BCUT2D eigenvalue weighted by atomic mass is 9.96. The van der Waals surface area contributed by atoms with E-state index in [0.717, 1.165) is 0 Å². The third-order valence-corrected chi connectivity index (χ3v) is 3.21. The van der Waals surface area contributed by atoms with Crippen LogP contribution >= 0.6 is 12.2 Å². The Hall–Kier alpha value is -0.840. The number of carbonyl (C=O) groups excluding carboxylic acids is 1. The van der Waals surface area contributed by atoms with E-state index in [-0.39, 0.29) is 5.91 Å². The maximum Gasteiger partial charge on any atom is 0.221 e. The van der Waals surface area contributed by atoms with Crippen LogP contribution in [0.1, 0.15) is 45.4 Å². The number of carbonyl (C=O) groups is 1. The fraction of sp³-hybridized carbons (Fsp3) is 0.833. The maximum absolute atomic E-state index is 11.2. The van der Waals surface area contributed by atoms with Gasteiger partial charge in [-0.05, 0) is 32.0 Å². The Kier molecular flexibility index (Phi) is 6.93. The SMILES string of the molecule is CCNC(=O)CCNC(=S)NC1CCCCC1. The van der Waals surface area contributed by atoms with Gasteiger partial charge in [0.15, 0.2) is 5.11 Å². The number of hydrogen-bond acceptors (Lipinski definition) is 2. The molecule has 0 aromatic heterocycles. The van der Waals surface area contributed by atoms with Gasteiger partial charge in [-0.15, -0.1) is 0 Å². The summed E-state index contributed by atoms with van der Waals surface area (Å²) in [5.74, 6) is 0.0699. The molecule has 1 fully saturated rings. The van der Waals surface area contributed by atoms with Crippen LogP contribution in [-0.2, 0) is 4.79 Å². The molecule has 1 saturated carbocycles. The molecular formula is C12H23N3OS. The lowest BCUT2D eigenvalue weighted by molar-refractivity contribution is -0.120. The van der Waals surface area contributed by atoms with Crippen LogP contribution in [0.3, 0.4) is 0 Å². The summed E-state index contributed by atoms with van der Waals surface area (Å²) in [5, 5.41) is 9.83. The Labute approximate surface area is 109 Å². The van der Waals surface area contributed by atoms with E-state index in [4.69, 9.17) is 12.2 Å². The molecule has 98 valence electrons. The normalized spacial score (nSPS) is 16.3. The quantitative estimate of drug-likeness (QED) is 0.650. The van der Waals surface area contributed by atoms with Crippen LogP contribution in [0, 0.1) is 0 Å². The van der Waals surface area contributed by atoms with E-state index in [9.17, 15) is 4.79 Å². The minimum atomic E-state index is 0.0699. The number of rotatable bonds is 5. The summed E-state index contributed by atoms with van der Waals surface area (Å²) in [6.07, 6.45) is 6.81. The average Bonchev–Trinajstić information content (AvgIpc) is 2.30. The minimum absolute atomic E-state index is 0.0699. The first-order chi connectivity index (χ1) is 8.22. The van der Waals surface area contributed by atoms with Gasteiger partial charge >= 0.3 is 0 Å². The summed E-state index contributed by atoms with van der Waals surface area (Å²) >= 11 is 5.20. The van der Waals surface area contributed by atoms with Crippen molar-refractivity contribution >= 4 is 23.2 Å². The van der Waals surface area contributed by atoms with Crippen LogP contribution in [0.5, 0.6) is 0 Å². The van der Waals surface area contributed by atoms with E-state index >= 15 is 0 Å². The third-order valence-electron chi connectivity index (χ3n) is 2.95. The minimum Gasteiger partial charge on any atom is -0.362 e. The zero-order valence-corrected chi connectivity index (χ0v) is 11.4. The fourth-order valence-electron chi connectivity index (χ4n) is 2.06. The van der Waals surface area contributed by atoms with Gasteiger partial charge in [0.1, 0.15) is 0 Å². The van der Waals surface area contributed by atoms with Crippen molar-refractivity contribution in [2.75, 3.05) is 13.1 Å². The second kappa shape index (κ2) is 8.28. The molecule has 5 heteroatoms. The first-order valence-corrected chi connectivity index (χ1v) is 6.94. The van der Waals surface area contributed by atoms with Gasteiger partial charge < -0.3 is 16.0 Å². The number of hydrogen-bond donors (Lipinski definition) is 3. The topological polar surface area (TPSA) is 53.2 Å². The molecule has 1 rings (SSSR count). The molecule has 0 aliphatic heterocycles. The van der Waals surface area contributed by atoms with E-state index in [1.54, 1.807) is 0 Å². The molecule has 17 heavy (non-hydrogen) atoms. The van der Waals surface area contributed by atoms with Crippen LogP contribution in [0.2, 0.25) is 0 Å². The van der Waals surface area contributed by atoms with Gasteiger partial charge in [-0.25, -0.2) is 0 Å². The Morgan fingerprint density at radius 2 is 1.94 bits per heavy atom. The molecule has 0 unspecified atom stereocenters. The molecule has 1 aliphatic carbocycles. The maximum atomic E-state index is 11.2. The van der Waals surface area contributed by atoms with E-state index in [1.807, 2.05) is 6.92 Å². The van der Waals surface area contributed by atoms with Gasteiger partial charge in [-0.2, -0.15) is 0 Å². The lowest BCUT2D eigenvalue weighted by Crippen LogP contribution is -2.43. The van der Waals surface area contributed by atoms with Crippen molar-refractivity contribution in [3.63, 3.8) is 0 Å². The zero-order valence-electron chi connectivity index (χ0n) is 10.6. The fourth-order valence-corrected chi connectivity index (χ4v) is 2.33. The number of amides is 1. The van der Waals surface area contributed by atoms with Crippen LogP contribution < -0.4 is 16.0 Å². The highest BCUT2D eigenvalue weighted by molar-refractivity contribution is 7.80. The highest BCUT2D eigenvalue weighted by Crippen LogP contribution is 2.17. The van der Waals surface area contributed by atoms with Crippen molar-refractivity contribution in [2.45, 2.75) is 51.5 Å². The summed E-state index contributed by atoms with van der Waals surface area (Å²) in [5.41, 5.74) is 0. The van der Waals surface area contributed by atoms with Crippen LogP contribution in [0.25, 0.3) is 0 Å². The molecule has 1 amide bonds. The first kappa shape index (κ1) is 14.2. The third kappa shape index (κ3) is 6.46. The van der Waals surface area contributed by atoms with Crippen molar-refractivity contribution in [2.24, 2.45) is 0 Å². The molecule has 0 heterocycles. The highest BCUT2D eigenvalue weighted by atomic mass is 32.1. The molecule has 0 saturated heterocycles. The Morgan fingerprint density at radius 1 is 1.24 bits per heavy atom. The molecular weight excluding hydrogens is 234 g/mol. The van der Waals surface area contributed by atoms with Gasteiger partial charge in [0.05, 0.1) is 0 Å². The second-order valence-corrected chi connectivity index (χ2v) is 4.85. The molecule has 1 aliphatic rings. The van der Waals surface area contributed by atoms with Gasteiger partial charge in [0.2, 0.25) is 5.91 Å². The summed E-state index contributed by atoms with van der Waals surface area (Å²) in [4.78, 5) is 11.2. The van der Waals surface area contributed by atoms with Gasteiger partial charge in [0, 0.05) is 25.6 Å². The Morgan fingerprint density at radius 3 is 2.59 bits per heavy atom. The molecule has 0 radical (unpaired) electrons. The molecule has 0 spiro atoms. The predicted molar refractivity (Wildman–Crippen MR) is 73.9 cm³/mol. The summed E-state index contributed by atoms with van der Waals surface area (Å²) in [6.45, 7) is 3.20. The van der Waals surface area contributed by atoms with Gasteiger partial charge in [0.25, 0.3) is 0 Å². The monoisotopic (exact) mass is 257 g/mol. The predicted octanol–water partition coefficient (Wildman–Crippen LogP) is 1.31. The summed E-state index contributed by atoms with van der Waals surface area (Å²) < 4.78 is 0. The lowest BCUT2D eigenvalue weighted by Gasteiger charge is -2.24. The summed E-state index contributed by atoms with van der Waals surface area (Å²) in [6, 6.07) is 0.521.